The lowest BCUT2D eigenvalue weighted by molar-refractivity contribution is 0.363. The highest BCUT2D eigenvalue weighted by Crippen LogP contribution is 2.17. The van der Waals surface area contributed by atoms with Crippen LogP contribution in [0.3, 0.4) is 0 Å². The van der Waals surface area contributed by atoms with Gasteiger partial charge in [0, 0.05) is 18.3 Å². The summed E-state index contributed by atoms with van der Waals surface area (Å²) in [5.74, 6) is 0. The number of hydrogen-bond donors (Lipinski definition) is 1. The maximum absolute atomic E-state index is 9.34. The zero-order chi connectivity index (χ0) is 16.0. The van der Waals surface area contributed by atoms with Gasteiger partial charge in [-0.05, 0) is 65.9 Å². The second-order valence-corrected chi connectivity index (χ2v) is 6.43. The van der Waals surface area contributed by atoms with E-state index >= 15 is 0 Å². The summed E-state index contributed by atoms with van der Waals surface area (Å²) >= 11 is 0. The highest BCUT2D eigenvalue weighted by atomic mass is 15.3. The first-order valence-electron chi connectivity index (χ1n) is 8.04. The Kier molecular flexibility index (Phi) is 6.42. The highest BCUT2D eigenvalue weighted by molar-refractivity contribution is 5.24. The summed E-state index contributed by atoms with van der Waals surface area (Å²) < 4.78 is 2.12. The summed E-state index contributed by atoms with van der Waals surface area (Å²) in [6, 6.07) is 2.74. The fourth-order valence-electron chi connectivity index (χ4n) is 3.00. The van der Waals surface area contributed by atoms with E-state index < -0.39 is 5.54 Å². The molecule has 4 heteroatoms. The highest BCUT2D eigenvalue weighted by Gasteiger charge is 2.23. The Balaban J connectivity index is 2.49. The molecule has 118 valence electrons. The molecule has 0 spiro atoms. The minimum Gasteiger partial charge on any atom is -0.297 e. The Morgan fingerprint density at radius 1 is 1.33 bits per heavy atom. The van der Waals surface area contributed by atoms with Crippen molar-refractivity contribution >= 4 is 0 Å². The normalized spacial score (nSPS) is 14.2. The van der Waals surface area contributed by atoms with Crippen LogP contribution in [-0.4, -0.2) is 21.4 Å². The first kappa shape index (κ1) is 17.7. The number of aryl methyl sites for hydroxylation is 2. The molecule has 0 radical (unpaired) electrons. The predicted molar refractivity (Wildman–Crippen MR) is 87.2 cm³/mol. The third-order valence-electron chi connectivity index (χ3n) is 4.04. The van der Waals surface area contributed by atoms with E-state index in [0.29, 0.717) is 6.04 Å². The van der Waals surface area contributed by atoms with E-state index in [4.69, 9.17) is 0 Å². The number of rotatable bonds is 8. The fourth-order valence-corrected chi connectivity index (χ4v) is 3.00. The van der Waals surface area contributed by atoms with Crippen molar-refractivity contribution in [2.75, 3.05) is 0 Å². The van der Waals surface area contributed by atoms with E-state index in [1.54, 1.807) is 0 Å². The molecule has 1 rings (SSSR count). The molecule has 4 nitrogen and oxygen atoms in total. The van der Waals surface area contributed by atoms with Crippen LogP contribution in [0.15, 0.2) is 0 Å². The molecule has 1 aromatic rings. The molecule has 0 saturated carbocycles. The maximum atomic E-state index is 9.34. The molecular formula is C17H30N4. The molecule has 0 bridgehead atoms. The van der Waals surface area contributed by atoms with Crippen molar-refractivity contribution in [2.45, 2.75) is 85.4 Å². The van der Waals surface area contributed by atoms with Gasteiger partial charge in [-0.1, -0.05) is 6.92 Å². The Labute approximate surface area is 129 Å². The van der Waals surface area contributed by atoms with Gasteiger partial charge in [-0.3, -0.25) is 10.00 Å². The van der Waals surface area contributed by atoms with Crippen LogP contribution in [0.2, 0.25) is 0 Å². The lowest BCUT2D eigenvalue weighted by Gasteiger charge is -2.25. The van der Waals surface area contributed by atoms with E-state index in [-0.39, 0.29) is 0 Å². The van der Waals surface area contributed by atoms with Gasteiger partial charge in [0.15, 0.2) is 0 Å². The van der Waals surface area contributed by atoms with Gasteiger partial charge >= 0.3 is 0 Å². The van der Waals surface area contributed by atoms with Gasteiger partial charge in [0.25, 0.3) is 0 Å². The van der Waals surface area contributed by atoms with Crippen LogP contribution in [0.25, 0.3) is 0 Å². The van der Waals surface area contributed by atoms with Crippen molar-refractivity contribution in [3.63, 3.8) is 0 Å². The van der Waals surface area contributed by atoms with Gasteiger partial charge in [-0.15, -0.1) is 0 Å². The Bertz CT molecular complexity index is 496. The first-order chi connectivity index (χ1) is 9.83. The van der Waals surface area contributed by atoms with Crippen LogP contribution >= 0.6 is 0 Å². The molecule has 0 aliphatic rings. The number of aromatic nitrogens is 2. The van der Waals surface area contributed by atoms with Crippen LogP contribution in [0, 0.1) is 25.2 Å². The predicted octanol–water partition coefficient (Wildman–Crippen LogP) is 3.51. The van der Waals surface area contributed by atoms with Crippen LogP contribution < -0.4 is 5.32 Å². The van der Waals surface area contributed by atoms with Crippen molar-refractivity contribution in [3.05, 3.63) is 17.0 Å². The maximum Gasteiger partial charge on any atom is 0.104 e. The monoisotopic (exact) mass is 290 g/mol. The van der Waals surface area contributed by atoms with E-state index in [2.05, 4.69) is 55.8 Å². The standard InChI is InChI=1S/C17H30N4/c1-7-16-14(4)20-21(15(16)5)11-9-8-10-17(6,12-18)19-13(2)3/h13,19H,7-11H2,1-6H3. The summed E-state index contributed by atoms with van der Waals surface area (Å²) in [5.41, 5.74) is 3.40. The lowest BCUT2D eigenvalue weighted by atomic mass is 9.95. The lowest BCUT2D eigenvalue weighted by Crippen LogP contribution is -2.44. The summed E-state index contributed by atoms with van der Waals surface area (Å²) in [6.45, 7) is 13.5. The molecule has 1 atom stereocenters. The summed E-state index contributed by atoms with van der Waals surface area (Å²) in [6.07, 6.45) is 4.01. The summed E-state index contributed by atoms with van der Waals surface area (Å²) in [7, 11) is 0. The zero-order valence-electron chi connectivity index (χ0n) is 14.5. The van der Waals surface area contributed by atoms with Crippen LogP contribution in [0.4, 0.5) is 0 Å². The van der Waals surface area contributed by atoms with Gasteiger partial charge in [-0.25, -0.2) is 0 Å². The molecule has 0 aromatic carbocycles. The van der Waals surface area contributed by atoms with Crippen molar-refractivity contribution in [3.8, 4) is 6.07 Å². The number of nitrogens with one attached hydrogen (secondary N) is 1. The number of nitriles is 1. The second-order valence-electron chi connectivity index (χ2n) is 6.43. The molecule has 0 aliphatic heterocycles. The van der Waals surface area contributed by atoms with Crippen LogP contribution in [-0.2, 0) is 13.0 Å². The largest absolute Gasteiger partial charge is 0.297 e. The second kappa shape index (κ2) is 7.61. The number of unbranched alkanes of at least 4 members (excludes halogenated alkanes) is 1. The third kappa shape index (κ3) is 4.86. The smallest absolute Gasteiger partial charge is 0.104 e. The Hall–Kier alpha value is -1.34. The minimum atomic E-state index is -0.419. The molecule has 0 amide bonds. The molecule has 1 unspecified atom stereocenters. The van der Waals surface area contributed by atoms with Gasteiger partial charge in [0.1, 0.15) is 5.54 Å². The topological polar surface area (TPSA) is 53.6 Å². The molecule has 21 heavy (non-hydrogen) atoms. The number of nitrogens with zero attached hydrogens (tertiary/aromatic N) is 3. The fraction of sp³-hybridized carbons (Fsp3) is 0.765. The van der Waals surface area contributed by atoms with Crippen molar-refractivity contribution in [1.29, 1.82) is 5.26 Å². The molecule has 0 fully saturated rings. The van der Waals surface area contributed by atoms with Gasteiger partial charge in [0.05, 0.1) is 11.8 Å². The minimum absolute atomic E-state index is 0.331. The first-order valence-corrected chi connectivity index (χ1v) is 8.04. The van der Waals surface area contributed by atoms with Gasteiger partial charge in [-0.2, -0.15) is 10.4 Å². The van der Waals surface area contributed by atoms with E-state index in [0.717, 1.165) is 37.9 Å². The molecule has 1 heterocycles. The van der Waals surface area contributed by atoms with Crippen molar-refractivity contribution in [1.82, 2.24) is 15.1 Å². The SMILES string of the molecule is CCc1c(C)nn(CCCCC(C)(C#N)NC(C)C)c1C. The van der Waals surface area contributed by atoms with Crippen molar-refractivity contribution in [2.24, 2.45) is 0 Å². The Morgan fingerprint density at radius 2 is 2.00 bits per heavy atom. The Morgan fingerprint density at radius 3 is 2.48 bits per heavy atom. The molecule has 0 saturated heterocycles. The molecule has 1 N–H and O–H groups in total. The van der Waals surface area contributed by atoms with E-state index in [9.17, 15) is 5.26 Å². The van der Waals surface area contributed by atoms with Crippen LogP contribution in [0.5, 0.6) is 0 Å². The zero-order valence-corrected chi connectivity index (χ0v) is 14.5. The number of hydrogen-bond acceptors (Lipinski definition) is 3. The van der Waals surface area contributed by atoms with Gasteiger partial charge < -0.3 is 0 Å². The molecule has 0 aliphatic carbocycles. The van der Waals surface area contributed by atoms with Gasteiger partial charge in [0.2, 0.25) is 0 Å². The summed E-state index contributed by atoms with van der Waals surface area (Å²) in [5, 5.41) is 17.3. The van der Waals surface area contributed by atoms with E-state index in [1.165, 1.54) is 11.3 Å². The van der Waals surface area contributed by atoms with E-state index in [1.807, 2.05) is 6.92 Å². The quantitative estimate of drug-likeness (QED) is 0.745. The average molecular weight is 290 g/mol. The average Bonchev–Trinajstić information content (AvgIpc) is 2.68. The van der Waals surface area contributed by atoms with Crippen LogP contribution in [0.1, 0.15) is 63.9 Å². The summed E-state index contributed by atoms with van der Waals surface area (Å²) in [4.78, 5) is 0. The van der Waals surface area contributed by atoms with Crippen molar-refractivity contribution < 1.29 is 0 Å². The molecular weight excluding hydrogens is 260 g/mol. The molecule has 1 aromatic heterocycles. The third-order valence-corrected chi connectivity index (χ3v) is 4.04.